The van der Waals surface area contributed by atoms with E-state index in [0.717, 1.165) is 5.56 Å². The van der Waals surface area contributed by atoms with E-state index < -0.39 is 37.6 Å². The number of halogens is 1. The minimum Gasteiger partial charge on any atom is -0.748 e. The molecular formula is C29H28FN2O9S2-. The van der Waals surface area contributed by atoms with Crippen LogP contribution in [0.3, 0.4) is 0 Å². The van der Waals surface area contributed by atoms with Gasteiger partial charge in [0.2, 0.25) is 11.5 Å². The Morgan fingerprint density at radius 2 is 1.79 bits per heavy atom. The summed E-state index contributed by atoms with van der Waals surface area (Å²) in [6.07, 6.45) is 5.55. The van der Waals surface area contributed by atoms with Crippen LogP contribution in [0.1, 0.15) is 32.1 Å². The summed E-state index contributed by atoms with van der Waals surface area (Å²) in [5.74, 6) is 0.0497. The van der Waals surface area contributed by atoms with E-state index in [-0.39, 0.29) is 25.9 Å². The van der Waals surface area contributed by atoms with Crippen LogP contribution in [0.15, 0.2) is 81.2 Å². The molecule has 0 radical (unpaired) electrons. The molecule has 1 aliphatic rings. The molecule has 1 aliphatic heterocycles. The van der Waals surface area contributed by atoms with Gasteiger partial charge in [0.25, 0.3) is 5.52 Å². The van der Waals surface area contributed by atoms with E-state index in [1.807, 2.05) is 25.1 Å². The number of oxazole rings is 1. The van der Waals surface area contributed by atoms with Crippen molar-refractivity contribution in [3.05, 3.63) is 84.0 Å². The Morgan fingerprint density at radius 3 is 2.49 bits per heavy atom. The number of aromatic nitrogens is 1. The molecule has 2 aromatic heterocycles. The maximum Gasteiger partial charge on any atom is 0.374 e. The van der Waals surface area contributed by atoms with E-state index in [2.05, 4.69) is 0 Å². The Kier molecular flexibility index (Phi) is 8.74. The summed E-state index contributed by atoms with van der Waals surface area (Å²) in [4.78, 5) is 1.61. The minimum absolute atomic E-state index is 0.00213. The molecule has 0 spiro atoms. The van der Waals surface area contributed by atoms with Gasteiger partial charge in [-0.3, -0.25) is 0 Å². The van der Waals surface area contributed by atoms with Crippen LogP contribution in [-0.4, -0.2) is 44.0 Å². The van der Waals surface area contributed by atoms with E-state index >= 15 is 0 Å². The lowest BCUT2D eigenvalue weighted by Gasteiger charge is -2.19. The quantitative estimate of drug-likeness (QED) is 0.161. The van der Waals surface area contributed by atoms with Gasteiger partial charge in [0.1, 0.15) is 11.6 Å². The number of nitrogens with zero attached hydrogens (tertiary/aromatic N) is 2. The molecule has 3 heterocycles. The fourth-order valence-electron chi connectivity index (χ4n) is 4.81. The van der Waals surface area contributed by atoms with Crippen molar-refractivity contribution >= 4 is 43.1 Å². The Bertz CT molecular complexity index is 1910. The summed E-state index contributed by atoms with van der Waals surface area (Å²) in [5.41, 5.74) is 3.06. The number of fused-ring (bicyclic) bond motifs is 2. The number of rotatable bonds is 12. The molecule has 0 atom stereocenters. The van der Waals surface area contributed by atoms with Crippen LogP contribution >= 0.6 is 0 Å². The molecule has 14 heteroatoms. The predicted octanol–water partition coefficient (Wildman–Crippen LogP) is 4.52. The summed E-state index contributed by atoms with van der Waals surface area (Å²) in [5, 5.41) is 0. The average Bonchev–Trinajstić information content (AvgIpc) is 3.65. The standard InChI is InChI=1S/C29H29FN2O9S2/c1-2-20(17-29-32(12-5-15-43(36,37)38)24-19-22(30)8-10-27(24)41-29)16-28-31(11-4-14-42(33,34)35)23-18-21(7-9-26(23)40-28)25-6-3-13-39-25/h3,6-10,13,16-19H,2,4-5,11-12,14-15H2,1H3,(H-,33,34,35,36,37,38)/p-1. The number of hydrogen-bond acceptors (Lipinski definition) is 10. The van der Waals surface area contributed by atoms with Crippen LogP contribution in [0.4, 0.5) is 10.1 Å². The Labute approximate surface area is 248 Å². The van der Waals surface area contributed by atoms with Gasteiger partial charge in [-0.05, 0) is 54.8 Å². The van der Waals surface area contributed by atoms with E-state index in [1.54, 1.807) is 40.0 Å². The molecule has 0 aliphatic carbocycles. The highest BCUT2D eigenvalue weighted by Crippen LogP contribution is 2.40. The van der Waals surface area contributed by atoms with Crippen molar-refractivity contribution < 1.29 is 48.5 Å². The largest absolute Gasteiger partial charge is 0.748 e. The average molecular weight is 632 g/mol. The lowest BCUT2D eigenvalue weighted by Crippen LogP contribution is -2.36. The van der Waals surface area contributed by atoms with Crippen LogP contribution < -0.4 is 14.2 Å². The Balaban J connectivity index is 1.53. The number of aryl methyl sites for hydroxylation is 1. The first-order valence-corrected chi connectivity index (χ1v) is 16.6. The second-order valence-corrected chi connectivity index (χ2v) is 13.0. The number of hydrogen-bond donors (Lipinski definition) is 0. The van der Waals surface area contributed by atoms with Crippen LogP contribution in [-0.2, 0) is 26.8 Å². The van der Waals surface area contributed by atoms with E-state index in [9.17, 15) is 30.3 Å². The smallest absolute Gasteiger partial charge is 0.374 e. The SMILES string of the molecule is CCC(/C=C1\Oc2ccc(F)cc2N1CCCS(=O)(=O)[O-])=C\c1oc2ccc(-c3ccco3)cc2[n+]1CCCS(=O)(=O)[O-]. The molecule has 0 unspecified atom stereocenters. The number of allylic oxidation sites excluding steroid dienone is 2. The first-order chi connectivity index (χ1) is 20.4. The maximum absolute atomic E-state index is 14.1. The highest BCUT2D eigenvalue weighted by molar-refractivity contribution is 7.85. The second-order valence-electron chi connectivity index (χ2n) is 9.90. The summed E-state index contributed by atoms with van der Waals surface area (Å²) >= 11 is 0. The molecule has 0 saturated heterocycles. The van der Waals surface area contributed by atoms with Crippen molar-refractivity contribution in [3.63, 3.8) is 0 Å². The van der Waals surface area contributed by atoms with Gasteiger partial charge in [-0.2, -0.15) is 4.57 Å². The molecule has 228 valence electrons. The van der Waals surface area contributed by atoms with Crippen molar-refractivity contribution in [2.75, 3.05) is 23.0 Å². The minimum atomic E-state index is -4.44. The zero-order chi connectivity index (χ0) is 30.8. The molecule has 0 saturated carbocycles. The van der Waals surface area contributed by atoms with Crippen molar-refractivity contribution in [3.8, 4) is 17.1 Å². The first-order valence-electron chi connectivity index (χ1n) is 13.4. The summed E-state index contributed by atoms with van der Waals surface area (Å²) < 4.78 is 101. The second kappa shape index (κ2) is 12.3. The number of anilines is 1. The molecule has 11 nitrogen and oxygen atoms in total. The molecule has 0 N–H and O–H groups in total. The van der Waals surface area contributed by atoms with Crippen LogP contribution in [0.2, 0.25) is 0 Å². The molecule has 4 aromatic rings. The van der Waals surface area contributed by atoms with E-state index in [4.69, 9.17) is 13.6 Å². The summed E-state index contributed by atoms with van der Waals surface area (Å²) in [7, 11) is -8.86. The van der Waals surface area contributed by atoms with Crippen molar-refractivity contribution in [2.24, 2.45) is 0 Å². The first kappa shape index (κ1) is 30.5. The molecule has 0 fully saturated rings. The summed E-state index contributed by atoms with van der Waals surface area (Å²) in [6.45, 7) is 2.15. The van der Waals surface area contributed by atoms with Gasteiger partial charge < -0.3 is 27.6 Å². The Morgan fingerprint density at radius 1 is 1.02 bits per heavy atom. The lowest BCUT2D eigenvalue weighted by molar-refractivity contribution is -0.677. The van der Waals surface area contributed by atoms with Crippen molar-refractivity contribution in [1.82, 2.24) is 0 Å². The van der Waals surface area contributed by atoms with Crippen molar-refractivity contribution in [2.45, 2.75) is 32.7 Å². The van der Waals surface area contributed by atoms with Gasteiger partial charge in [0.05, 0.1) is 38.3 Å². The van der Waals surface area contributed by atoms with Gasteiger partial charge in [-0.15, -0.1) is 0 Å². The monoisotopic (exact) mass is 631 g/mol. The van der Waals surface area contributed by atoms with Gasteiger partial charge in [0, 0.05) is 48.2 Å². The van der Waals surface area contributed by atoms with Crippen LogP contribution in [0, 0.1) is 5.82 Å². The third-order valence-electron chi connectivity index (χ3n) is 6.81. The fourth-order valence-corrected chi connectivity index (χ4v) is 5.77. The molecule has 0 bridgehead atoms. The topological polar surface area (TPSA) is 157 Å². The normalized spacial score (nSPS) is 14.9. The fraction of sp³-hybridized carbons (Fsp3) is 0.276. The lowest BCUT2D eigenvalue weighted by atomic mass is 10.1. The predicted molar refractivity (Wildman–Crippen MR) is 153 cm³/mol. The third kappa shape index (κ3) is 7.51. The Hall–Kier alpha value is -3.98. The van der Waals surface area contributed by atoms with Crippen LogP contribution in [0.25, 0.3) is 28.5 Å². The van der Waals surface area contributed by atoms with Gasteiger partial charge >= 0.3 is 5.89 Å². The van der Waals surface area contributed by atoms with Gasteiger partial charge in [-0.25, -0.2) is 21.2 Å². The zero-order valence-corrected chi connectivity index (χ0v) is 24.7. The molecule has 43 heavy (non-hydrogen) atoms. The van der Waals surface area contributed by atoms with Crippen LogP contribution in [0.5, 0.6) is 5.75 Å². The highest BCUT2D eigenvalue weighted by Gasteiger charge is 2.28. The highest BCUT2D eigenvalue weighted by atomic mass is 32.2. The molecular weight excluding hydrogens is 603 g/mol. The van der Waals surface area contributed by atoms with Crippen molar-refractivity contribution in [1.29, 1.82) is 0 Å². The maximum atomic E-state index is 14.1. The van der Waals surface area contributed by atoms with E-state index in [0.29, 0.717) is 52.1 Å². The third-order valence-corrected chi connectivity index (χ3v) is 8.38. The molecule has 5 rings (SSSR count). The van der Waals surface area contributed by atoms with E-state index in [1.165, 1.54) is 18.2 Å². The number of furan rings is 1. The number of ether oxygens (including phenoxy) is 1. The number of benzene rings is 2. The van der Waals surface area contributed by atoms with Gasteiger partial charge in [-0.1, -0.05) is 6.92 Å². The summed E-state index contributed by atoms with van der Waals surface area (Å²) in [6, 6.07) is 13.0. The zero-order valence-electron chi connectivity index (χ0n) is 23.1. The molecule has 0 amide bonds. The molecule has 2 aromatic carbocycles. The van der Waals surface area contributed by atoms with Gasteiger partial charge in [0.15, 0.2) is 12.3 Å².